The second-order valence-corrected chi connectivity index (χ2v) is 16.2. The van der Waals surface area contributed by atoms with Crippen molar-refractivity contribution in [3.8, 4) is 50.4 Å². The minimum absolute atomic E-state index is 1.04. The molecule has 0 bridgehead atoms. The third kappa shape index (κ3) is 4.63. The number of fused-ring (bicyclic) bond motifs is 11. The van der Waals surface area contributed by atoms with Crippen molar-refractivity contribution in [1.29, 1.82) is 0 Å². The SMILES string of the molecule is C=Cc1c(C=C)n(-c2ccccc2)c2ccc(-c3ccc4c(c3)c3c5cccc6c5c(cc3n4-c3ccc4c5ccccc5n(-c5ccccc5)c4c3)-c3ccccc3-6)cc12. The van der Waals surface area contributed by atoms with Gasteiger partial charge in [-0.15, -0.1) is 0 Å². The molecule has 3 heterocycles. The van der Waals surface area contributed by atoms with Crippen molar-refractivity contribution < 1.29 is 0 Å². The van der Waals surface area contributed by atoms with E-state index in [1.54, 1.807) is 0 Å². The third-order valence-corrected chi connectivity index (χ3v) is 13.1. The van der Waals surface area contributed by atoms with Gasteiger partial charge in [0, 0.05) is 49.6 Å². The molecule has 3 nitrogen and oxygen atoms in total. The standard InChI is InChI=1S/C58H37N3/c1-3-41-48-32-36(26-30-53(48)59(51(41)4-2)38-16-7-5-8-17-38)37-27-31-54-50(33-37)58-47-24-15-23-46-42-20-11-12-21-43(42)49(57(46)47)35-56(58)61(54)40-28-29-45-44-22-13-14-25-52(44)60(55(45)34-40)39-18-9-6-10-19-39/h3-35H,1-2H2. The first-order chi connectivity index (χ1) is 30.2. The van der Waals surface area contributed by atoms with E-state index in [1.165, 1.54) is 82.2 Å². The van der Waals surface area contributed by atoms with Crippen molar-refractivity contribution in [2.75, 3.05) is 0 Å². The molecule has 0 saturated carbocycles. The minimum Gasteiger partial charge on any atom is -0.309 e. The first-order valence-electron chi connectivity index (χ1n) is 20.9. The fraction of sp³-hybridized carbons (Fsp3) is 0. The maximum atomic E-state index is 4.26. The summed E-state index contributed by atoms with van der Waals surface area (Å²) in [5.41, 5.74) is 18.9. The average Bonchev–Trinajstić information content (AvgIpc) is 4.04. The maximum Gasteiger partial charge on any atom is 0.0561 e. The summed E-state index contributed by atoms with van der Waals surface area (Å²) in [5, 5.41) is 8.75. The molecule has 12 aromatic rings. The molecule has 61 heavy (non-hydrogen) atoms. The lowest BCUT2D eigenvalue weighted by Gasteiger charge is -2.12. The molecule has 0 unspecified atom stereocenters. The van der Waals surface area contributed by atoms with Gasteiger partial charge in [-0.05, 0) is 123 Å². The van der Waals surface area contributed by atoms with Crippen LogP contribution in [0.5, 0.6) is 0 Å². The van der Waals surface area contributed by atoms with Crippen molar-refractivity contribution in [2.45, 2.75) is 0 Å². The Hall–Kier alpha value is -8.14. The van der Waals surface area contributed by atoms with E-state index in [0.717, 1.165) is 44.8 Å². The molecular weight excluding hydrogens is 739 g/mol. The number of rotatable bonds is 6. The summed E-state index contributed by atoms with van der Waals surface area (Å²) in [7, 11) is 0. The summed E-state index contributed by atoms with van der Waals surface area (Å²) < 4.78 is 7.20. The Balaban J connectivity index is 1.10. The highest BCUT2D eigenvalue weighted by Gasteiger charge is 2.26. The highest BCUT2D eigenvalue weighted by Crippen LogP contribution is 2.51. The molecule has 284 valence electrons. The van der Waals surface area contributed by atoms with Crippen LogP contribution >= 0.6 is 0 Å². The third-order valence-electron chi connectivity index (χ3n) is 13.1. The predicted molar refractivity (Wildman–Crippen MR) is 260 cm³/mol. The second-order valence-electron chi connectivity index (χ2n) is 16.2. The fourth-order valence-electron chi connectivity index (χ4n) is 10.6. The molecular formula is C58H37N3. The van der Waals surface area contributed by atoms with Crippen LogP contribution in [0.3, 0.4) is 0 Å². The molecule has 0 N–H and O–H groups in total. The van der Waals surface area contributed by atoms with Crippen molar-refractivity contribution >= 4 is 77.4 Å². The number of para-hydroxylation sites is 3. The van der Waals surface area contributed by atoms with E-state index in [1.807, 2.05) is 12.2 Å². The molecule has 3 aromatic heterocycles. The smallest absolute Gasteiger partial charge is 0.0561 e. The lowest BCUT2D eigenvalue weighted by molar-refractivity contribution is 1.11. The van der Waals surface area contributed by atoms with Crippen molar-refractivity contribution in [3.05, 3.63) is 212 Å². The number of hydrogen-bond donors (Lipinski definition) is 0. The molecule has 0 aliphatic heterocycles. The maximum absolute atomic E-state index is 4.26. The van der Waals surface area contributed by atoms with Crippen LogP contribution in [0, 0.1) is 0 Å². The van der Waals surface area contributed by atoms with Gasteiger partial charge in [0.1, 0.15) is 0 Å². The molecule has 1 aliphatic rings. The van der Waals surface area contributed by atoms with Crippen LogP contribution in [0.4, 0.5) is 0 Å². The lowest BCUT2D eigenvalue weighted by Crippen LogP contribution is -1.97. The summed E-state index contributed by atoms with van der Waals surface area (Å²) >= 11 is 0. The second kappa shape index (κ2) is 12.7. The first kappa shape index (κ1) is 33.8. The molecule has 0 radical (unpaired) electrons. The minimum atomic E-state index is 1.04. The number of benzene rings is 9. The Morgan fingerprint density at radius 2 is 0.885 bits per heavy atom. The van der Waals surface area contributed by atoms with Crippen LogP contribution in [-0.4, -0.2) is 13.7 Å². The lowest BCUT2D eigenvalue weighted by atomic mass is 9.96. The number of hydrogen-bond acceptors (Lipinski definition) is 0. The molecule has 0 spiro atoms. The van der Waals surface area contributed by atoms with E-state index in [2.05, 4.69) is 215 Å². The Labute approximate surface area is 352 Å². The molecule has 0 atom stereocenters. The average molecular weight is 776 g/mol. The van der Waals surface area contributed by atoms with Crippen LogP contribution < -0.4 is 0 Å². The van der Waals surface area contributed by atoms with Gasteiger partial charge in [0.15, 0.2) is 0 Å². The molecule has 1 aliphatic carbocycles. The van der Waals surface area contributed by atoms with E-state index in [-0.39, 0.29) is 0 Å². The number of aromatic nitrogens is 3. The Bertz CT molecular complexity index is 3840. The largest absolute Gasteiger partial charge is 0.309 e. The quantitative estimate of drug-likeness (QED) is 0.160. The molecule has 13 rings (SSSR count). The van der Waals surface area contributed by atoms with Crippen LogP contribution in [0.15, 0.2) is 201 Å². The van der Waals surface area contributed by atoms with Crippen LogP contribution in [0.25, 0.3) is 128 Å². The van der Waals surface area contributed by atoms with Gasteiger partial charge < -0.3 is 13.7 Å². The summed E-state index contributed by atoms with van der Waals surface area (Å²) in [5.74, 6) is 0. The predicted octanol–water partition coefficient (Wildman–Crippen LogP) is 15.6. The zero-order valence-electron chi connectivity index (χ0n) is 33.3. The monoisotopic (exact) mass is 775 g/mol. The Kier molecular flexibility index (Phi) is 7.02. The van der Waals surface area contributed by atoms with Gasteiger partial charge in [-0.3, -0.25) is 0 Å². The zero-order chi connectivity index (χ0) is 40.3. The van der Waals surface area contributed by atoms with Gasteiger partial charge >= 0.3 is 0 Å². The fourth-order valence-corrected chi connectivity index (χ4v) is 10.6. The van der Waals surface area contributed by atoms with E-state index < -0.39 is 0 Å². The summed E-state index contributed by atoms with van der Waals surface area (Å²) in [6.45, 7) is 8.48. The molecule has 0 fully saturated rings. The summed E-state index contributed by atoms with van der Waals surface area (Å²) in [6, 6.07) is 69.1. The molecule has 0 saturated heterocycles. The van der Waals surface area contributed by atoms with Gasteiger partial charge in [-0.2, -0.15) is 0 Å². The van der Waals surface area contributed by atoms with Crippen LogP contribution in [-0.2, 0) is 0 Å². The number of nitrogens with zero attached hydrogens (tertiary/aromatic N) is 3. The molecule has 3 heteroatoms. The van der Waals surface area contributed by atoms with Gasteiger partial charge in [-0.1, -0.05) is 134 Å². The van der Waals surface area contributed by atoms with Gasteiger partial charge in [0.25, 0.3) is 0 Å². The van der Waals surface area contributed by atoms with Gasteiger partial charge in [-0.25, -0.2) is 0 Å². The summed E-state index contributed by atoms with van der Waals surface area (Å²) in [6.07, 6.45) is 3.91. The highest BCUT2D eigenvalue weighted by atomic mass is 15.0. The van der Waals surface area contributed by atoms with Crippen molar-refractivity contribution in [3.63, 3.8) is 0 Å². The van der Waals surface area contributed by atoms with E-state index >= 15 is 0 Å². The van der Waals surface area contributed by atoms with Crippen LogP contribution in [0.2, 0.25) is 0 Å². The first-order valence-corrected chi connectivity index (χ1v) is 20.9. The van der Waals surface area contributed by atoms with Gasteiger partial charge in [0.05, 0.1) is 33.3 Å². The Morgan fingerprint density at radius 3 is 1.62 bits per heavy atom. The van der Waals surface area contributed by atoms with E-state index in [0.29, 0.717) is 0 Å². The van der Waals surface area contributed by atoms with Crippen molar-refractivity contribution in [2.24, 2.45) is 0 Å². The highest BCUT2D eigenvalue weighted by molar-refractivity contribution is 6.29. The van der Waals surface area contributed by atoms with E-state index in [9.17, 15) is 0 Å². The molecule has 9 aromatic carbocycles. The normalized spacial score (nSPS) is 12.1. The Morgan fingerprint density at radius 1 is 0.311 bits per heavy atom. The van der Waals surface area contributed by atoms with Crippen LogP contribution in [0.1, 0.15) is 11.3 Å². The summed E-state index contributed by atoms with van der Waals surface area (Å²) in [4.78, 5) is 0. The zero-order valence-corrected chi connectivity index (χ0v) is 33.3. The topological polar surface area (TPSA) is 14.8 Å². The van der Waals surface area contributed by atoms with E-state index in [4.69, 9.17) is 0 Å². The van der Waals surface area contributed by atoms with Crippen molar-refractivity contribution in [1.82, 2.24) is 13.7 Å². The molecule has 0 amide bonds. The van der Waals surface area contributed by atoms with Gasteiger partial charge in [0.2, 0.25) is 0 Å².